The number of nitrogens with one attached hydrogen (secondary N) is 1. The highest BCUT2D eigenvalue weighted by Gasteiger charge is 2.16. The molecule has 5 aromatic rings. The molecule has 0 atom stereocenters. The number of rotatable bonds is 5. The summed E-state index contributed by atoms with van der Waals surface area (Å²) in [4.78, 5) is 13.2. The number of fused-ring (bicyclic) bond motifs is 1. The van der Waals surface area contributed by atoms with Gasteiger partial charge in [-0.25, -0.2) is 9.97 Å². The van der Waals surface area contributed by atoms with Gasteiger partial charge in [-0.2, -0.15) is 0 Å². The van der Waals surface area contributed by atoms with Crippen molar-refractivity contribution in [2.24, 2.45) is 0 Å². The molecule has 2 aromatic heterocycles. The van der Waals surface area contributed by atoms with E-state index in [1.165, 1.54) is 0 Å². The van der Waals surface area contributed by atoms with E-state index >= 15 is 0 Å². The Morgan fingerprint density at radius 3 is 1.97 bits per heavy atom. The summed E-state index contributed by atoms with van der Waals surface area (Å²) in [6.07, 6.45) is 0. The smallest absolute Gasteiger partial charge is 0.157 e. The van der Waals surface area contributed by atoms with Gasteiger partial charge in [0.2, 0.25) is 0 Å². The largest absolute Gasteiger partial charge is 0.497 e. The Hall–Kier alpha value is -4.12. The molecule has 31 heavy (non-hydrogen) atoms. The van der Waals surface area contributed by atoms with E-state index in [0.717, 1.165) is 56.4 Å². The van der Waals surface area contributed by atoms with Crippen LogP contribution >= 0.6 is 0 Å². The summed E-state index contributed by atoms with van der Waals surface area (Å²) < 4.78 is 10.6. The van der Waals surface area contributed by atoms with Crippen molar-refractivity contribution in [3.63, 3.8) is 0 Å². The molecule has 0 bridgehead atoms. The molecular weight excluding hydrogens is 386 g/mol. The number of ether oxygens (including phenoxy) is 2. The summed E-state index contributed by atoms with van der Waals surface area (Å²) in [5.41, 5.74) is 5.54. The van der Waals surface area contributed by atoms with Gasteiger partial charge < -0.3 is 14.5 Å². The second kappa shape index (κ2) is 7.95. The Morgan fingerprint density at radius 2 is 1.29 bits per heavy atom. The van der Waals surface area contributed by atoms with E-state index in [2.05, 4.69) is 17.1 Å². The summed E-state index contributed by atoms with van der Waals surface area (Å²) in [5.74, 6) is 2.34. The minimum absolute atomic E-state index is 0.724. The number of H-pyrrole nitrogens is 1. The number of aromatic amines is 1. The number of nitrogens with zero attached hydrogens (tertiary/aromatic N) is 2. The van der Waals surface area contributed by atoms with E-state index in [-0.39, 0.29) is 0 Å². The first-order valence-electron chi connectivity index (χ1n) is 10.00. The van der Waals surface area contributed by atoms with Gasteiger partial charge in [0.05, 0.1) is 31.1 Å². The van der Waals surface area contributed by atoms with Crippen molar-refractivity contribution in [1.82, 2.24) is 15.0 Å². The highest BCUT2D eigenvalue weighted by molar-refractivity contribution is 5.84. The Balaban J connectivity index is 1.65. The summed E-state index contributed by atoms with van der Waals surface area (Å²) in [5, 5.41) is 1.10. The molecule has 5 rings (SSSR count). The first kappa shape index (κ1) is 18.9. The maximum absolute atomic E-state index is 5.31. The fourth-order valence-corrected chi connectivity index (χ4v) is 3.62. The third kappa shape index (κ3) is 3.62. The van der Waals surface area contributed by atoms with Crippen LogP contribution in [-0.2, 0) is 0 Å². The van der Waals surface area contributed by atoms with Gasteiger partial charge in [0.1, 0.15) is 17.2 Å². The van der Waals surface area contributed by atoms with Crippen molar-refractivity contribution in [1.29, 1.82) is 0 Å². The number of para-hydroxylation sites is 1. The number of pyridine rings is 1. The van der Waals surface area contributed by atoms with Crippen molar-refractivity contribution in [3.8, 4) is 45.5 Å². The van der Waals surface area contributed by atoms with Crippen LogP contribution in [0.4, 0.5) is 0 Å². The first-order valence-corrected chi connectivity index (χ1v) is 10.00. The predicted octanol–water partition coefficient (Wildman–Crippen LogP) is 5.98. The molecule has 0 saturated carbocycles. The van der Waals surface area contributed by atoms with Crippen LogP contribution in [-0.4, -0.2) is 29.2 Å². The molecule has 2 heterocycles. The molecule has 3 aromatic carbocycles. The minimum Gasteiger partial charge on any atom is -0.497 e. The third-order valence-corrected chi connectivity index (χ3v) is 5.29. The summed E-state index contributed by atoms with van der Waals surface area (Å²) in [7, 11) is 3.33. The van der Waals surface area contributed by atoms with Gasteiger partial charge in [0, 0.05) is 16.5 Å². The first-order chi connectivity index (χ1) is 15.2. The van der Waals surface area contributed by atoms with Crippen LogP contribution in [0.5, 0.6) is 11.5 Å². The molecule has 0 spiro atoms. The monoisotopic (exact) mass is 407 g/mol. The number of benzene rings is 3. The molecule has 0 aliphatic carbocycles. The normalized spacial score (nSPS) is 10.9. The van der Waals surface area contributed by atoms with E-state index in [1.807, 2.05) is 72.8 Å². The molecule has 1 N–H and O–H groups in total. The average molecular weight is 407 g/mol. The third-order valence-electron chi connectivity index (χ3n) is 5.29. The molecule has 152 valence electrons. The van der Waals surface area contributed by atoms with E-state index in [9.17, 15) is 0 Å². The molecule has 5 nitrogen and oxygen atoms in total. The summed E-state index contributed by atoms with van der Waals surface area (Å²) in [6.45, 7) is 0. The second-order valence-corrected chi connectivity index (χ2v) is 7.16. The molecule has 0 radical (unpaired) electrons. The second-order valence-electron chi connectivity index (χ2n) is 7.16. The predicted molar refractivity (Wildman–Crippen MR) is 123 cm³/mol. The molecule has 0 aliphatic rings. The lowest BCUT2D eigenvalue weighted by Crippen LogP contribution is -1.87. The highest BCUT2D eigenvalue weighted by atomic mass is 16.5. The van der Waals surface area contributed by atoms with Crippen molar-refractivity contribution in [2.75, 3.05) is 14.2 Å². The molecule has 0 saturated heterocycles. The molecule has 0 fully saturated rings. The molecule has 0 amide bonds. The van der Waals surface area contributed by atoms with Crippen LogP contribution in [0.15, 0.2) is 84.9 Å². The zero-order chi connectivity index (χ0) is 21.2. The zero-order valence-electron chi connectivity index (χ0n) is 17.3. The highest BCUT2D eigenvalue weighted by Crippen LogP contribution is 2.34. The lowest BCUT2D eigenvalue weighted by Gasteiger charge is -2.06. The van der Waals surface area contributed by atoms with Gasteiger partial charge >= 0.3 is 0 Å². The molecule has 0 aliphatic heterocycles. The quantitative estimate of drug-likeness (QED) is 0.390. The van der Waals surface area contributed by atoms with Gasteiger partial charge in [-0.1, -0.05) is 24.3 Å². The zero-order valence-corrected chi connectivity index (χ0v) is 17.3. The van der Waals surface area contributed by atoms with Crippen molar-refractivity contribution in [3.05, 3.63) is 84.9 Å². The van der Waals surface area contributed by atoms with Crippen LogP contribution in [0, 0.1) is 0 Å². The Morgan fingerprint density at radius 1 is 0.645 bits per heavy atom. The Bertz CT molecular complexity index is 1270. The number of hydrogen-bond donors (Lipinski definition) is 1. The van der Waals surface area contributed by atoms with Crippen LogP contribution in [0.2, 0.25) is 0 Å². The number of imidazole rings is 1. The standard InChI is InChI=1S/C26H21N3O2/c1-30-20-12-7-18(8-13-20)24-25(19-9-14-21(31-2)15-10-19)29-26(28-24)23-16-11-17-5-3-4-6-22(17)27-23/h3-16H,1-2H3,(H,28,29). The Labute approximate surface area is 180 Å². The molecule has 0 unspecified atom stereocenters. The van der Waals surface area contributed by atoms with E-state index in [1.54, 1.807) is 14.2 Å². The molecular formula is C26H21N3O2. The van der Waals surface area contributed by atoms with Gasteiger partial charge in [0.25, 0.3) is 0 Å². The van der Waals surface area contributed by atoms with Crippen LogP contribution in [0.3, 0.4) is 0 Å². The van der Waals surface area contributed by atoms with Gasteiger partial charge in [-0.05, 0) is 60.7 Å². The Kier molecular flexibility index (Phi) is 4.84. The number of aromatic nitrogens is 3. The van der Waals surface area contributed by atoms with Gasteiger partial charge in [-0.3, -0.25) is 0 Å². The lowest BCUT2D eigenvalue weighted by atomic mass is 10.0. The fourth-order valence-electron chi connectivity index (χ4n) is 3.62. The van der Waals surface area contributed by atoms with Gasteiger partial charge in [0.15, 0.2) is 5.82 Å². The van der Waals surface area contributed by atoms with Crippen molar-refractivity contribution in [2.45, 2.75) is 0 Å². The fraction of sp³-hybridized carbons (Fsp3) is 0.0769. The average Bonchev–Trinajstić information content (AvgIpc) is 3.29. The van der Waals surface area contributed by atoms with E-state index < -0.39 is 0 Å². The maximum Gasteiger partial charge on any atom is 0.157 e. The maximum atomic E-state index is 5.31. The number of methoxy groups -OCH3 is 2. The van der Waals surface area contributed by atoms with Crippen molar-refractivity contribution >= 4 is 10.9 Å². The summed E-state index contributed by atoms with van der Waals surface area (Å²) >= 11 is 0. The van der Waals surface area contributed by atoms with Crippen LogP contribution < -0.4 is 9.47 Å². The van der Waals surface area contributed by atoms with Gasteiger partial charge in [-0.15, -0.1) is 0 Å². The summed E-state index contributed by atoms with van der Waals surface area (Å²) in [6, 6.07) is 28.0. The van der Waals surface area contributed by atoms with Crippen LogP contribution in [0.1, 0.15) is 0 Å². The molecule has 5 heteroatoms. The number of hydrogen-bond acceptors (Lipinski definition) is 4. The minimum atomic E-state index is 0.724. The lowest BCUT2D eigenvalue weighted by molar-refractivity contribution is 0.414. The topological polar surface area (TPSA) is 60.0 Å². The van der Waals surface area contributed by atoms with E-state index in [4.69, 9.17) is 19.4 Å². The van der Waals surface area contributed by atoms with Crippen molar-refractivity contribution < 1.29 is 9.47 Å². The van der Waals surface area contributed by atoms with Crippen LogP contribution in [0.25, 0.3) is 44.9 Å². The van der Waals surface area contributed by atoms with E-state index in [0.29, 0.717) is 0 Å². The SMILES string of the molecule is COc1ccc(-c2nc(-c3ccc4ccccc4n3)[nH]c2-c2ccc(OC)cc2)cc1.